The Bertz CT molecular complexity index is 4480. The molecule has 8 aromatic rings. The molecule has 4 aliphatic rings. The van der Waals surface area contributed by atoms with Crippen molar-refractivity contribution >= 4 is 35.6 Å². The van der Waals surface area contributed by atoms with Crippen LogP contribution in [-0.4, -0.2) is 147 Å². The Morgan fingerprint density at radius 1 is 0.505 bits per heavy atom. The predicted octanol–water partition coefficient (Wildman–Crippen LogP) is 9.58. The maximum Gasteiger partial charge on any atom is 0.357 e. The van der Waals surface area contributed by atoms with Crippen LogP contribution in [0.1, 0.15) is 89.2 Å². The Hall–Kier alpha value is -11.8. The third-order valence-electron chi connectivity index (χ3n) is 16.3. The van der Waals surface area contributed by atoms with E-state index >= 15 is 0 Å². The van der Waals surface area contributed by atoms with Crippen molar-refractivity contribution in [3.63, 3.8) is 0 Å². The summed E-state index contributed by atoms with van der Waals surface area (Å²) in [5.41, 5.74) is 9.72. The van der Waals surface area contributed by atoms with Gasteiger partial charge >= 0.3 is 17.9 Å². The van der Waals surface area contributed by atoms with E-state index in [-0.39, 0.29) is 85.6 Å². The number of carboxylic acid groups (broad SMARTS) is 1. The SMILES string of the molecule is COc1ccc(COc2cnc(-c3cc(CN)on3)cc2OCc2ccc(OC)cc2)cc1.COc1ccc(COc2cnc(-c3cc(CNC(=O)C4=C(C(=O)OC(C)(C)C)N5C(=O)[C@@H](C)CN5C4)on3)cc2OCc2ccc(OC)cc2)cc1.C[C@H]1CN2CC(C(=O)O)=C(C(=O)OC(C)(C)C)N2C1=O. The van der Waals surface area contributed by atoms with Crippen molar-refractivity contribution in [2.75, 3.05) is 54.6 Å². The summed E-state index contributed by atoms with van der Waals surface area (Å²) in [5, 5.41) is 25.9. The van der Waals surface area contributed by atoms with Crippen molar-refractivity contribution in [2.24, 2.45) is 17.6 Å². The number of esters is 2. The lowest BCUT2D eigenvalue weighted by atomic mass is 10.1. The van der Waals surface area contributed by atoms with Crippen LogP contribution in [0.4, 0.5) is 0 Å². The molecule has 0 spiro atoms. The second-order valence-electron chi connectivity index (χ2n) is 26.6. The van der Waals surface area contributed by atoms with Crippen molar-refractivity contribution in [1.82, 2.24) is 45.6 Å². The number of hydrogen-bond donors (Lipinski definition) is 3. The Balaban J connectivity index is 0.000000189. The van der Waals surface area contributed by atoms with Gasteiger partial charge in [0.25, 0.3) is 5.91 Å². The van der Waals surface area contributed by atoms with Gasteiger partial charge in [0.15, 0.2) is 45.9 Å². The van der Waals surface area contributed by atoms with Gasteiger partial charge in [-0.3, -0.25) is 24.4 Å². The maximum absolute atomic E-state index is 13.4. The van der Waals surface area contributed by atoms with Crippen LogP contribution in [0, 0.1) is 11.8 Å². The number of nitrogens with two attached hydrogens (primary N) is 1. The molecule has 4 aliphatic heterocycles. The number of nitrogens with one attached hydrogen (secondary N) is 1. The van der Waals surface area contributed by atoms with Gasteiger partial charge in [0.1, 0.15) is 72.0 Å². The van der Waals surface area contributed by atoms with Crippen LogP contribution in [0.3, 0.4) is 0 Å². The largest absolute Gasteiger partial charge is 0.497 e. The third-order valence-corrected chi connectivity index (χ3v) is 16.3. The van der Waals surface area contributed by atoms with Gasteiger partial charge < -0.3 is 72.6 Å². The topological polar surface area (TPSA) is 344 Å². The van der Waals surface area contributed by atoms with Gasteiger partial charge in [-0.25, -0.2) is 34.4 Å². The van der Waals surface area contributed by atoms with Gasteiger partial charge in [0.05, 0.1) is 101 Å². The van der Waals surface area contributed by atoms with Gasteiger partial charge in [-0.2, -0.15) is 0 Å². The van der Waals surface area contributed by atoms with E-state index in [1.165, 1.54) is 5.01 Å². The van der Waals surface area contributed by atoms with Crippen molar-refractivity contribution in [1.29, 1.82) is 0 Å². The number of pyridine rings is 2. The fourth-order valence-electron chi connectivity index (χ4n) is 11.0. The molecule has 2 saturated heterocycles. The summed E-state index contributed by atoms with van der Waals surface area (Å²) in [6.07, 6.45) is 3.19. The number of hydrogen-bond acceptors (Lipinski definition) is 25. The second kappa shape index (κ2) is 33.5. The highest BCUT2D eigenvalue weighted by atomic mass is 16.6. The average Bonchev–Trinajstić information content (AvgIpc) is 1.61. The van der Waals surface area contributed by atoms with Crippen molar-refractivity contribution in [3.8, 4) is 68.8 Å². The first-order valence-electron chi connectivity index (χ1n) is 33.5. The van der Waals surface area contributed by atoms with Crippen LogP contribution in [0.25, 0.3) is 22.8 Å². The van der Waals surface area contributed by atoms with Crippen LogP contribution < -0.4 is 48.9 Å². The molecule has 2 fully saturated rings. The van der Waals surface area contributed by atoms with E-state index in [1.54, 1.807) is 131 Å². The van der Waals surface area contributed by atoms with Gasteiger partial charge in [-0.05, 0) is 112 Å². The van der Waals surface area contributed by atoms with E-state index in [4.69, 9.17) is 62.1 Å². The number of aromatic nitrogens is 4. The molecule has 0 aliphatic carbocycles. The molecule has 4 N–H and O–H groups in total. The molecule has 3 amide bonds. The molecule has 2 atom stereocenters. The molecule has 0 saturated carbocycles. The number of aliphatic carboxylic acids is 1. The summed E-state index contributed by atoms with van der Waals surface area (Å²) in [4.78, 5) is 84.1. The number of ether oxygens (including phenoxy) is 10. The number of carbonyl (C=O) groups is 6. The smallest absolute Gasteiger partial charge is 0.357 e. The highest BCUT2D eigenvalue weighted by molar-refractivity contribution is 6.07. The van der Waals surface area contributed by atoms with Gasteiger partial charge in [0, 0.05) is 37.4 Å². The summed E-state index contributed by atoms with van der Waals surface area (Å²) < 4.78 is 66.9. The number of methoxy groups -OCH3 is 4. The lowest BCUT2D eigenvalue weighted by Crippen LogP contribution is -2.38. The standard InChI is InChI=1S/C38H41N5O9.C25H25N3O5.C13H18N2O5/c1-23-19-42-20-29(34(43(42)36(23)45)37(46)51-38(2,3)4)35(44)40-17-28-15-31(41-52-28)30-16-32(49-21-24-7-11-26(47-5)12-8-24)33(18-39-30)50-22-25-9-13-27(48-6)14-10-25;1-29-19-7-3-17(4-8-19)15-31-24-12-22(23-11-21(13-26)33-28-23)27-14-25(24)32-16-18-5-9-20(30-2)10-6-18;1-7-5-14-6-8(11(17)18)9(15(14)10(7)16)12(19)20-13(2,3)4/h7-16,18,23H,17,19-22H2,1-6H3,(H,40,44);3-12,14H,13,15-16,26H2,1-2H3;7H,5-6H2,1-4H3,(H,17,18)/t23-;;7-/m0.0/s1. The van der Waals surface area contributed by atoms with E-state index in [0.29, 0.717) is 83.6 Å². The number of hydrazine groups is 2. The lowest BCUT2D eigenvalue weighted by molar-refractivity contribution is -0.156. The number of carbonyl (C=O) groups excluding carboxylic acids is 5. The zero-order chi connectivity index (χ0) is 75.3. The van der Waals surface area contributed by atoms with Gasteiger partial charge in [0.2, 0.25) is 11.8 Å². The molecule has 29 nitrogen and oxygen atoms in total. The van der Waals surface area contributed by atoms with Crippen LogP contribution in [0.2, 0.25) is 0 Å². The fraction of sp³-hybridized carbons (Fsp3) is 0.342. The molecule has 8 heterocycles. The number of rotatable bonds is 25. The highest BCUT2D eigenvalue weighted by Gasteiger charge is 2.50. The van der Waals surface area contributed by atoms with E-state index in [2.05, 4.69) is 25.6 Å². The Kier molecular flexibility index (Phi) is 24.2. The first-order valence-corrected chi connectivity index (χ1v) is 33.5. The number of carboxylic acids is 1. The molecule has 4 aromatic heterocycles. The molecule has 552 valence electrons. The summed E-state index contributed by atoms with van der Waals surface area (Å²) >= 11 is 0. The Morgan fingerprint density at radius 3 is 1.19 bits per heavy atom. The molecule has 0 radical (unpaired) electrons. The Labute approximate surface area is 606 Å². The zero-order valence-electron chi connectivity index (χ0n) is 60.4. The molecular weight excluding hydrogens is 1360 g/mol. The number of nitrogens with zero attached hydrogens (tertiary/aromatic N) is 8. The fourth-order valence-corrected chi connectivity index (χ4v) is 11.0. The molecule has 4 aromatic carbocycles. The third kappa shape index (κ3) is 19.3. The van der Waals surface area contributed by atoms with Crippen LogP contribution in [0.15, 0.2) is 165 Å². The van der Waals surface area contributed by atoms with Gasteiger partial charge in [-0.1, -0.05) is 72.7 Å². The first-order chi connectivity index (χ1) is 50.2. The quantitative estimate of drug-likeness (QED) is 0.0448. The van der Waals surface area contributed by atoms with E-state index < -0.39 is 35.0 Å². The van der Waals surface area contributed by atoms with E-state index in [1.807, 2.05) is 97.1 Å². The van der Waals surface area contributed by atoms with Crippen molar-refractivity contribution in [2.45, 2.75) is 106 Å². The molecule has 0 unspecified atom stereocenters. The van der Waals surface area contributed by atoms with E-state index in [0.717, 1.165) is 50.3 Å². The van der Waals surface area contributed by atoms with E-state index in [9.17, 15) is 33.9 Å². The first kappa shape index (κ1) is 75.8. The maximum atomic E-state index is 13.4. The van der Waals surface area contributed by atoms with Gasteiger partial charge in [-0.15, -0.1) is 0 Å². The van der Waals surface area contributed by atoms with Crippen LogP contribution in [-0.2, 0) is 77.8 Å². The summed E-state index contributed by atoms with van der Waals surface area (Å²) in [6.45, 7) is 16.1. The number of fused-ring (bicyclic) bond motifs is 2. The Morgan fingerprint density at radius 2 is 0.848 bits per heavy atom. The number of benzene rings is 4. The summed E-state index contributed by atoms with van der Waals surface area (Å²) in [7, 11) is 6.49. The minimum atomic E-state index is -1.21. The molecule has 29 heteroatoms. The second-order valence-corrected chi connectivity index (χ2v) is 26.6. The molecular formula is C76H84N10O19. The van der Waals surface area contributed by atoms with Crippen molar-refractivity contribution < 1.29 is 90.3 Å². The molecule has 0 bridgehead atoms. The summed E-state index contributed by atoms with van der Waals surface area (Å²) in [5.74, 6) is 1.54. The average molecular weight is 1440 g/mol. The zero-order valence-corrected chi connectivity index (χ0v) is 60.4. The minimum Gasteiger partial charge on any atom is -0.497 e. The lowest BCUT2D eigenvalue weighted by Gasteiger charge is -2.24. The highest BCUT2D eigenvalue weighted by Crippen LogP contribution is 2.38. The van der Waals surface area contributed by atoms with Crippen LogP contribution in [0.5, 0.6) is 46.0 Å². The summed E-state index contributed by atoms with van der Waals surface area (Å²) in [6, 6.07) is 37.3. The monoisotopic (exact) mass is 1440 g/mol. The van der Waals surface area contributed by atoms with Crippen molar-refractivity contribution in [3.05, 3.63) is 190 Å². The van der Waals surface area contributed by atoms with Crippen LogP contribution >= 0.6 is 0 Å². The normalized spacial score (nSPS) is 15.6. The number of amides is 3. The predicted molar refractivity (Wildman–Crippen MR) is 377 cm³/mol. The minimum absolute atomic E-state index is 0.0365. The molecule has 12 rings (SSSR count). The molecule has 105 heavy (non-hydrogen) atoms.